The van der Waals surface area contributed by atoms with E-state index in [0.29, 0.717) is 5.56 Å². The van der Waals surface area contributed by atoms with Gasteiger partial charge in [0.25, 0.3) is 11.8 Å². The Morgan fingerprint density at radius 2 is 1.84 bits per heavy atom. The lowest BCUT2D eigenvalue weighted by atomic mass is 9.97. The molecule has 4 aromatic heterocycles. The largest absolute Gasteiger partial charge is 0.480 e. The summed E-state index contributed by atoms with van der Waals surface area (Å²) in [7, 11) is 2.66. The highest BCUT2D eigenvalue weighted by Gasteiger charge is 2.31. The third-order valence-electron chi connectivity index (χ3n) is 6.95. The second kappa shape index (κ2) is 12.0. The predicted molar refractivity (Wildman–Crippen MR) is 157 cm³/mol. The smallest absolute Gasteiger partial charge is 0.389 e. The number of methoxy groups -OCH3 is 1. The summed E-state index contributed by atoms with van der Waals surface area (Å²) in [6.45, 7) is 0.219. The van der Waals surface area contributed by atoms with Crippen LogP contribution in [0.2, 0.25) is 0 Å². The average Bonchev–Trinajstić information content (AvgIpc) is 3.71. The Morgan fingerprint density at radius 3 is 2.47 bits per heavy atom. The Hall–Kier alpha value is -5.27. The molecule has 0 fully saturated rings. The molecular weight excluding hydrogens is 593 g/mol. The molecule has 11 nitrogen and oxygen atoms in total. The number of nitrogens with zero attached hydrogens (tertiary/aromatic N) is 4. The van der Waals surface area contributed by atoms with Crippen LogP contribution in [0.4, 0.5) is 13.2 Å². The van der Waals surface area contributed by atoms with Crippen LogP contribution in [-0.4, -0.2) is 52.3 Å². The number of hydrogen-bond acceptors (Lipinski definition) is 9. The molecule has 2 amide bonds. The van der Waals surface area contributed by atoms with Crippen molar-refractivity contribution in [3.05, 3.63) is 77.2 Å². The normalized spacial score (nSPS) is 14.2. The summed E-state index contributed by atoms with van der Waals surface area (Å²) >= 11 is 0. The zero-order valence-corrected chi connectivity index (χ0v) is 24.5. The first-order chi connectivity index (χ1) is 22.6. The molecule has 0 radical (unpaired) electrons. The first-order valence-electron chi connectivity index (χ1n) is 15.0. The van der Waals surface area contributed by atoms with Gasteiger partial charge in [-0.05, 0) is 39.3 Å². The Kier molecular flexibility index (Phi) is 7.29. The molecule has 0 saturated heterocycles. The van der Waals surface area contributed by atoms with Gasteiger partial charge in [-0.3, -0.25) is 9.59 Å². The van der Waals surface area contributed by atoms with Gasteiger partial charge < -0.3 is 24.3 Å². The fraction of sp³-hybridized carbons (Fsp3) is 0.290. The lowest BCUT2D eigenvalue weighted by Crippen LogP contribution is -2.42. The SMILES string of the molecule is [2H]C([2H])([2H])C(C)(NC(=O)c1cc(-c2cc3c(C(=O)NC)c(-c4ccc(C)cc4)oc3nc2CCC(F)(F)F)cnc1OC)c1ncon1. The number of ether oxygens (including phenoxy) is 1. The fourth-order valence-electron chi connectivity index (χ4n) is 4.68. The van der Waals surface area contributed by atoms with Crippen LogP contribution in [-0.2, 0) is 12.0 Å². The molecule has 0 bridgehead atoms. The summed E-state index contributed by atoms with van der Waals surface area (Å²) in [4.78, 5) is 39.3. The van der Waals surface area contributed by atoms with E-state index in [9.17, 15) is 22.8 Å². The van der Waals surface area contributed by atoms with Crippen LogP contribution in [0, 0.1) is 6.92 Å². The molecular formula is C31H29F3N6O5. The van der Waals surface area contributed by atoms with Crippen LogP contribution in [0.5, 0.6) is 5.88 Å². The topological polar surface area (TPSA) is 145 Å². The molecule has 2 N–H and O–H groups in total. The molecule has 5 rings (SSSR count). The molecule has 0 saturated carbocycles. The third-order valence-corrected chi connectivity index (χ3v) is 6.95. The van der Waals surface area contributed by atoms with Crippen LogP contribution in [0.15, 0.2) is 57.9 Å². The summed E-state index contributed by atoms with van der Waals surface area (Å²) in [6.07, 6.45) is -4.17. The van der Waals surface area contributed by atoms with Crippen molar-refractivity contribution in [3.63, 3.8) is 0 Å². The van der Waals surface area contributed by atoms with Crippen LogP contribution >= 0.6 is 0 Å². The number of halogens is 3. The Labute approximate surface area is 259 Å². The molecule has 0 aliphatic rings. The number of benzene rings is 1. The first kappa shape index (κ1) is 27.3. The van der Waals surface area contributed by atoms with E-state index < -0.39 is 43.2 Å². The van der Waals surface area contributed by atoms with Crippen LogP contribution < -0.4 is 15.4 Å². The van der Waals surface area contributed by atoms with Crippen LogP contribution in [0.3, 0.4) is 0 Å². The Morgan fingerprint density at radius 1 is 1.09 bits per heavy atom. The molecule has 1 unspecified atom stereocenters. The maximum absolute atomic E-state index is 13.7. The van der Waals surface area contributed by atoms with Crippen molar-refractivity contribution in [3.8, 4) is 28.3 Å². The van der Waals surface area contributed by atoms with Crippen molar-refractivity contribution in [2.24, 2.45) is 0 Å². The summed E-state index contributed by atoms with van der Waals surface area (Å²) in [5.74, 6) is -1.87. The number of amides is 2. The quantitative estimate of drug-likeness (QED) is 0.208. The summed E-state index contributed by atoms with van der Waals surface area (Å²) in [5.41, 5.74) is -0.660. The summed E-state index contributed by atoms with van der Waals surface area (Å²) in [5, 5.41) is 8.77. The molecule has 45 heavy (non-hydrogen) atoms. The number of nitrogens with one attached hydrogen (secondary N) is 2. The minimum atomic E-state index is -4.53. The number of hydrogen-bond donors (Lipinski definition) is 2. The average molecular weight is 626 g/mol. The number of pyridine rings is 2. The number of alkyl halides is 3. The lowest BCUT2D eigenvalue weighted by molar-refractivity contribution is -0.134. The van der Waals surface area contributed by atoms with Crippen molar-refractivity contribution in [2.45, 2.75) is 45.3 Å². The van der Waals surface area contributed by atoms with E-state index in [1.807, 2.05) is 19.1 Å². The molecule has 234 valence electrons. The first-order valence-corrected chi connectivity index (χ1v) is 13.5. The maximum atomic E-state index is 13.7. The van der Waals surface area contributed by atoms with Gasteiger partial charge in [-0.15, -0.1) is 0 Å². The molecule has 14 heteroatoms. The molecule has 0 spiro atoms. The number of rotatable bonds is 9. The van der Waals surface area contributed by atoms with E-state index in [2.05, 4.69) is 30.7 Å². The number of fused-ring (bicyclic) bond motifs is 1. The highest BCUT2D eigenvalue weighted by atomic mass is 19.4. The van der Waals surface area contributed by atoms with Crippen LogP contribution in [0.25, 0.3) is 33.6 Å². The second-order valence-electron chi connectivity index (χ2n) is 10.3. The monoisotopic (exact) mass is 625 g/mol. The van der Waals surface area contributed by atoms with Crippen molar-refractivity contribution in [1.29, 1.82) is 0 Å². The number of carbonyl (C=O) groups is 2. The number of carbonyl (C=O) groups excluding carboxylic acids is 2. The van der Waals surface area contributed by atoms with Crippen LogP contribution in [0.1, 0.15) is 62.1 Å². The standard InChI is InChI=1S/C31H29F3N6O5/c1-16-6-8-17(9-7-16)24-23(26(42)35-4)20-13-19(22(38-28(20)45-24)10-11-31(32,33)34)18-12-21(27(43-5)36-14-18)25(41)39-30(2,3)29-37-15-44-40-29/h6-9,12-15H,10-11H2,1-5H3,(H,35,42)(H,39,41)/i2D3. The molecule has 1 aromatic carbocycles. The minimum Gasteiger partial charge on any atom is -0.480 e. The third kappa shape index (κ3) is 6.49. The van der Waals surface area contributed by atoms with Crippen molar-refractivity contribution in [2.75, 3.05) is 14.2 Å². The second-order valence-corrected chi connectivity index (χ2v) is 10.3. The maximum Gasteiger partial charge on any atom is 0.389 e. The molecule has 1 atom stereocenters. The number of aromatic nitrogens is 4. The summed E-state index contributed by atoms with van der Waals surface area (Å²) < 4.78 is 80.5. The molecule has 0 aliphatic carbocycles. The van der Waals surface area contributed by atoms with E-state index in [1.165, 1.54) is 39.4 Å². The van der Waals surface area contributed by atoms with Gasteiger partial charge in [0.2, 0.25) is 18.0 Å². The molecule has 5 aromatic rings. The molecule has 4 heterocycles. The number of aryl methyl sites for hydroxylation is 2. The van der Waals surface area contributed by atoms with Crippen molar-refractivity contribution < 1.29 is 40.5 Å². The van der Waals surface area contributed by atoms with E-state index in [0.717, 1.165) is 12.0 Å². The van der Waals surface area contributed by atoms with Gasteiger partial charge >= 0.3 is 6.18 Å². The van der Waals surface area contributed by atoms with Gasteiger partial charge in [-0.25, -0.2) is 9.97 Å². The van der Waals surface area contributed by atoms with Gasteiger partial charge in [0.05, 0.1) is 29.3 Å². The fourth-order valence-corrected chi connectivity index (χ4v) is 4.68. The zero-order valence-electron chi connectivity index (χ0n) is 27.5. The van der Waals surface area contributed by atoms with Crippen molar-refractivity contribution >= 4 is 22.9 Å². The van der Waals surface area contributed by atoms with E-state index in [4.69, 9.17) is 17.8 Å². The lowest BCUT2D eigenvalue weighted by Gasteiger charge is -2.23. The highest BCUT2D eigenvalue weighted by molar-refractivity contribution is 6.11. The van der Waals surface area contributed by atoms with E-state index in [1.54, 1.807) is 12.1 Å². The van der Waals surface area contributed by atoms with Crippen molar-refractivity contribution in [1.82, 2.24) is 30.7 Å². The van der Waals surface area contributed by atoms with E-state index in [-0.39, 0.29) is 56.5 Å². The van der Waals surface area contributed by atoms with Gasteiger partial charge in [0, 0.05) is 40.5 Å². The molecule has 0 aliphatic heterocycles. The Balaban J connectivity index is 1.70. The van der Waals surface area contributed by atoms with Gasteiger partial charge in [-0.2, -0.15) is 18.2 Å². The minimum absolute atomic E-state index is 0.0510. The Bertz CT molecular complexity index is 1980. The zero-order chi connectivity index (χ0) is 35.0. The highest BCUT2D eigenvalue weighted by Crippen LogP contribution is 2.38. The predicted octanol–water partition coefficient (Wildman–Crippen LogP) is 5.78. The van der Waals surface area contributed by atoms with Gasteiger partial charge in [0.1, 0.15) is 11.3 Å². The van der Waals surface area contributed by atoms with Gasteiger partial charge in [0.15, 0.2) is 5.82 Å². The van der Waals surface area contributed by atoms with Gasteiger partial charge in [-0.1, -0.05) is 35.0 Å². The van der Waals surface area contributed by atoms with E-state index >= 15 is 0 Å². The number of furan rings is 1. The summed E-state index contributed by atoms with van der Waals surface area (Å²) in [6, 6.07) is 9.84.